The zero-order valence-electron chi connectivity index (χ0n) is 23.0. The van der Waals surface area contributed by atoms with E-state index in [2.05, 4.69) is 15.0 Å². The fourth-order valence-corrected chi connectivity index (χ4v) is 4.49. The number of aromatic nitrogens is 3. The average molecular weight is 521 g/mol. The van der Waals surface area contributed by atoms with Gasteiger partial charge >= 0.3 is 0 Å². The first-order valence-corrected chi connectivity index (χ1v) is 12.6. The van der Waals surface area contributed by atoms with Gasteiger partial charge in [-0.2, -0.15) is 9.49 Å². The molecule has 0 aliphatic rings. The molecule has 0 fully saturated rings. The number of aryl methyl sites for hydroxylation is 1. The van der Waals surface area contributed by atoms with Crippen molar-refractivity contribution in [1.82, 2.24) is 19.7 Å². The number of nitrogens with zero attached hydrogens (tertiary/aromatic N) is 4. The van der Waals surface area contributed by atoms with Gasteiger partial charge in [0.25, 0.3) is 0 Å². The monoisotopic (exact) mass is 520 g/mol. The highest BCUT2D eigenvalue weighted by molar-refractivity contribution is 5.99. The van der Waals surface area contributed by atoms with E-state index in [1.165, 1.54) is 6.07 Å². The SMILES string of the molecule is Cc1c(CCOc2c(-c3ccc4nccc(CN(C)C)c4c3)ccc(F)c2F)c(C(=O)C(C)(C)C)nn1C. The smallest absolute Gasteiger partial charge is 0.201 e. The molecular weight excluding hydrogens is 486 g/mol. The van der Waals surface area contributed by atoms with Crippen LogP contribution < -0.4 is 4.74 Å². The number of benzene rings is 2. The summed E-state index contributed by atoms with van der Waals surface area (Å²) in [5.41, 5.74) is 4.40. The van der Waals surface area contributed by atoms with E-state index in [0.717, 1.165) is 33.8 Å². The van der Waals surface area contributed by atoms with Crippen LogP contribution in [-0.2, 0) is 20.0 Å². The third-order valence-electron chi connectivity index (χ3n) is 6.63. The van der Waals surface area contributed by atoms with Crippen LogP contribution in [0.2, 0.25) is 0 Å². The molecule has 0 unspecified atom stereocenters. The number of ether oxygens (including phenoxy) is 1. The maximum Gasteiger partial charge on any atom is 0.201 e. The number of hydrogen-bond donors (Lipinski definition) is 0. The van der Waals surface area contributed by atoms with Crippen LogP contribution in [-0.4, -0.2) is 46.1 Å². The quantitative estimate of drug-likeness (QED) is 0.262. The Bertz CT molecular complexity index is 1500. The molecule has 2 heterocycles. The normalized spacial score (nSPS) is 11.9. The summed E-state index contributed by atoms with van der Waals surface area (Å²) in [5.74, 6) is -2.27. The zero-order valence-corrected chi connectivity index (χ0v) is 23.0. The topological polar surface area (TPSA) is 60.2 Å². The summed E-state index contributed by atoms with van der Waals surface area (Å²) in [6.45, 7) is 8.17. The van der Waals surface area contributed by atoms with E-state index in [9.17, 15) is 9.18 Å². The Morgan fingerprint density at radius 3 is 2.53 bits per heavy atom. The van der Waals surface area contributed by atoms with Gasteiger partial charge in [-0.25, -0.2) is 4.39 Å². The predicted octanol–water partition coefficient (Wildman–Crippen LogP) is 6.13. The fourth-order valence-electron chi connectivity index (χ4n) is 4.49. The van der Waals surface area contributed by atoms with Crippen molar-refractivity contribution in [1.29, 1.82) is 0 Å². The molecule has 6 nitrogen and oxygen atoms in total. The van der Waals surface area contributed by atoms with E-state index < -0.39 is 17.0 Å². The lowest BCUT2D eigenvalue weighted by atomic mass is 9.87. The van der Waals surface area contributed by atoms with Crippen LogP contribution in [0.15, 0.2) is 42.6 Å². The molecule has 0 radical (unpaired) electrons. The standard InChI is InChI=1S/C30H34F2N4O2/c1-18-21(27(34-36(18)7)29(37)30(2,3)4)13-15-38-28-22(9-10-24(31)26(28)32)19-8-11-25-23(16-19)20(12-14-33-25)17-35(5)6/h8-12,14,16H,13,15,17H2,1-7H3. The number of halogens is 2. The number of ketones is 1. The van der Waals surface area contributed by atoms with E-state index >= 15 is 4.39 Å². The lowest BCUT2D eigenvalue weighted by molar-refractivity contribution is 0.0851. The van der Waals surface area contributed by atoms with Gasteiger partial charge in [0.05, 0.1) is 12.1 Å². The second-order valence-electron chi connectivity index (χ2n) is 10.9. The van der Waals surface area contributed by atoms with Gasteiger partial charge in [0, 0.05) is 53.8 Å². The zero-order chi connectivity index (χ0) is 27.8. The van der Waals surface area contributed by atoms with Crippen molar-refractivity contribution in [2.75, 3.05) is 20.7 Å². The third-order valence-corrected chi connectivity index (χ3v) is 6.63. The minimum atomic E-state index is -1.05. The molecule has 4 aromatic rings. The van der Waals surface area contributed by atoms with Crippen LogP contribution in [0.1, 0.15) is 48.1 Å². The van der Waals surface area contributed by atoms with Crippen molar-refractivity contribution in [2.45, 2.75) is 40.7 Å². The minimum absolute atomic E-state index is 0.0470. The summed E-state index contributed by atoms with van der Waals surface area (Å²) in [6, 6.07) is 10.2. The molecular formula is C30H34F2N4O2. The first-order chi connectivity index (χ1) is 17.9. The van der Waals surface area contributed by atoms with Crippen LogP contribution in [0.25, 0.3) is 22.0 Å². The lowest BCUT2D eigenvalue weighted by Crippen LogP contribution is -2.22. The summed E-state index contributed by atoms with van der Waals surface area (Å²) >= 11 is 0. The highest BCUT2D eigenvalue weighted by Crippen LogP contribution is 2.36. The molecule has 0 aliphatic heterocycles. The van der Waals surface area contributed by atoms with Gasteiger partial charge in [0.1, 0.15) is 5.69 Å². The molecule has 0 bridgehead atoms. The number of pyridine rings is 1. The molecule has 8 heteroatoms. The average Bonchev–Trinajstić information content (AvgIpc) is 3.13. The Balaban J connectivity index is 1.68. The van der Waals surface area contributed by atoms with Gasteiger partial charge in [-0.1, -0.05) is 26.8 Å². The first-order valence-electron chi connectivity index (χ1n) is 12.6. The van der Waals surface area contributed by atoms with Crippen LogP contribution in [0.4, 0.5) is 8.78 Å². The van der Waals surface area contributed by atoms with Crippen LogP contribution in [0, 0.1) is 24.0 Å². The van der Waals surface area contributed by atoms with Crippen molar-refractivity contribution in [3.63, 3.8) is 0 Å². The molecule has 200 valence electrons. The van der Waals surface area contributed by atoms with E-state index in [1.807, 2.05) is 66.1 Å². The molecule has 4 rings (SSSR count). The van der Waals surface area contributed by atoms with Gasteiger partial charge in [0.15, 0.2) is 17.3 Å². The van der Waals surface area contributed by atoms with Crippen molar-refractivity contribution in [2.24, 2.45) is 12.5 Å². The van der Waals surface area contributed by atoms with E-state index in [1.54, 1.807) is 17.9 Å². The third kappa shape index (κ3) is 5.45. The highest BCUT2D eigenvalue weighted by atomic mass is 19.2. The van der Waals surface area contributed by atoms with E-state index in [0.29, 0.717) is 29.8 Å². The number of carbonyl (C=O) groups excluding carboxylic acids is 1. The molecule has 0 saturated heterocycles. The Morgan fingerprint density at radius 2 is 1.84 bits per heavy atom. The number of hydrogen-bond acceptors (Lipinski definition) is 5. The van der Waals surface area contributed by atoms with Gasteiger partial charge in [0.2, 0.25) is 5.82 Å². The summed E-state index contributed by atoms with van der Waals surface area (Å²) in [7, 11) is 5.76. The maximum atomic E-state index is 15.1. The first kappa shape index (κ1) is 27.4. The molecule has 0 saturated carbocycles. The van der Waals surface area contributed by atoms with Gasteiger partial charge < -0.3 is 9.64 Å². The molecule has 0 atom stereocenters. The molecule has 2 aromatic carbocycles. The summed E-state index contributed by atoms with van der Waals surface area (Å²) in [6.07, 6.45) is 2.09. The predicted molar refractivity (Wildman–Crippen MR) is 145 cm³/mol. The van der Waals surface area contributed by atoms with Gasteiger partial charge in [-0.15, -0.1) is 0 Å². The molecule has 2 aromatic heterocycles. The summed E-state index contributed by atoms with van der Waals surface area (Å²) in [4.78, 5) is 19.5. The Morgan fingerprint density at radius 1 is 1.11 bits per heavy atom. The van der Waals surface area contributed by atoms with E-state index in [-0.39, 0.29) is 18.1 Å². The van der Waals surface area contributed by atoms with Crippen molar-refractivity contribution in [3.8, 4) is 16.9 Å². The van der Waals surface area contributed by atoms with E-state index in [4.69, 9.17) is 4.74 Å². The molecule has 0 amide bonds. The Hall–Kier alpha value is -3.65. The van der Waals surface area contributed by atoms with Crippen LogP contribution in [0.5, 0.6) is 5.75 Å². The highest BCUT2D eigenvalue weighted by Gasteiger charge is 2.29. The number of rotatable bonds is 8. The fraction of sp³-hybridized carbons (Fsp3) is 0.367. The van der Waals surface area contributed by atoms with Crippen LogP contribution >= 0.6 is 0 Å². The lowest BCUT2D eigenvalue weighted by Gasteiger charge is -2.17. The molecule has 0 N–H and O–H groups in total. The second kappa shape index (κ2) is 10.6. The summed E-state index contributed by atoms with van der Waals surface area (Å²) < 4.78 is 37.0. The molecule has 38 heavy (non-hydrogen) atoms. The summed E-state index contributed by atoms with van der Waals surface area (Å²) in [5, 5.41) is 5.36. The number of Topliss-reactive ketones (excluding diaryl/α,β-unsaturated/α-hetero) is 1. The molecule has 0 spiro atoms. The second-order valence-corrected chi connectivity index (χ2v) is 10.9. The Kier molecular flexibility index (Phi) is 7.65. The largest absolute Gasteiger partial charge is 0.489 e. The van der Waals surface area contributed by atoms with Gasteiger partial charge in [-0.3, -0.25) is 14.5 Å². The van der Waals surface area contributed by atoms with Crippen molar-refractivity contribution < 1.29 is 18.3 Å². The number of fused-ring (bicyclic) bond motifs is 1. The molecule has 0 aliphatic carbocycles. The Labute approximate surface area is 222 Å². The van der Waals surface area contributed by atoms with Crippen molar-refractivity contribution in [3.05, 3.63) is 76.7 Å². The number of carbonyl (C=O) groups is 1. The van der Waals surface area contributed by atoms with Crippen LogP contribution in [0.3, 0.4) is 0 Å². The maximum absolute atomic E-state index is 15.1. The minimum Gasteiger partial charge on any atom is -0.489 e. The van der Waals surface area contributed by atoms with Crippen molar-refractivity contribution >= 4 is 16.7 Å². The van der Waals surface area contributed by atoms with Gasteiger partial charge in [-0.05, 0) is 62.5 Å².